The Labute approximate surface area is 242 Å². The Morgan fingerprint density at radius 2 is 1.95 bits per heavy atom. The third-order valence-corrected chi connectivity index (χ3v) is 8.17. The first kappa shape index (κ1) is 26.9. The van der Waals surface area contributed by atoms with E-state index in [4.69, 9.17) is 16.3 Å². The summed E-state index contributed by atoms with van der Waals surface area (Å²) in [5.74, 6) is -0.615. The number of ether oxygens (including phenoxy) is 1. The first-order valence-electron chi connectivity index (χ1n) is 13.5. The summed E-state index contributed by atoms with van der Waals surface area (Å²) in [6, 6.07) is 10.7. The van der Waals surface area contributed by atoms with Crippen molar-refractivity contribution in [2.45, 2.75) is 37.6 Å². The van der Waals surface area contributed by atoms with E-state index in [1.54, 1.807) is 18.3 Å². The van der Waals surface area contributed by atoms with Crippen LogP contribution in [0.15, 0.2) is 55.0 Å². The minimum absolute atomic E-state index is 0.00591. The zero-order valence-electron chi connectivity index (χ0n) is 22.1. The van der Waals surface area contributed by atoms with Gasteiger partial charge in [0.1, 0.15) is 23.6 Å². The summed E-state index contributed by atoms with van der Waals surface area (Å²) in [7, 11) is 0. The molecule has 2 aliphatic heterocycles. The highest BCUT2D eigenvalue weighted by atomic mass is 35.5. The van der Waals surface area contributed by atoms with Gasteiger partial charge in [-0.1, -0.05) is 41.9 Å². The summed E-state index contributed by atoms with van der Waals surface area (Å²) in [6.45, 7) is 0.997. The Morgan fingerprint density at radius 3 is 2.76 bits per heavy atom. The number of fused-ring (bicyclic) bond motifs is 4. The largest absolute Gasteiger partial charge is 0.461 e. The predicted octanol–water partition coefficient (Wildman–Crippen LogP) is 4.76. The normalized spacial score (nSPS) is 20.2. The van der Waals surface area contributed by atoms with Gasteiger partial charge in [0.25, 0.3) is 6.43 Å². The molecule has 216 valence electrons. The molecule has 5 aromatic rings. The van der Waals surface area contributed by atoms with Crippen molar-refractivity contribution in [2.75, 3.05) is 24.6 Å². The summed E-state index contributed by atoms with van der Waals surface area (Å²) < 4.78 is 50.0. The second-order valence-corrected chi connectivity index (χ2v) is 10.9. The fourth-order valence-electron chi connectivity index (χ4n) is 5.94. The van der Waals surface area contributed by atoms with Crippen LogP contribution in [-0.2, 0) is 6.54 Å². The van der Waals surface area contributed by atoms with Crippen molar-refractivity contribution < 1.29 is 23.0 Å². The maximum Gasteiger partial charge on any atom is 0.319 e. The summed E-state index contributed by atoms with van der Waals surface area (Å²) in [5, 5.41) is 16.2. The van der Waals surface area contributed by atoms with Crippen molar-refractivity contribution in [1.82, 2.24) is 29.8 Å². The maximum atomic E-state index is 16.4. The molecule has 2 N–H and O–H groups in total. The number of rotatable bonds is 7. The molecule has 9 nitrogen and oxygen atoms in total. The van der Waals surface area contributed by atoms with E-state index in [0.29, 0.717) is 46.7 Å². The molecule has 2 aliphatic rings. The molecule has 3 atom stereocenters. The molecule has 2 saturated heterocycles. The quantitative estimate of drug-likeness (QED) is 0.278. The molecular formula is C29H25ClF3N7O2. The van der Waals surface area contributed by atoms with Gasteiger partial charge >= 0.3 is 6.01 Å². The average Bonchev–Trinajstić information content (AvgIpc) is 3.56. The summed E-state index contributed by atoms with van der Waals surface area (Å²) in [4.78, 5) is 19.2. The number of pyridine rings is 1. The van der Waals surface area contributed by atoms with Gasteiger partial charge in [0.2, 0.25) is 0 Å². The molecule has 7 rings (SSSR count). The summed E-state index contributed by atoms with van der Waals surface area (Å²) in [6.07, 6.45) is 1.65. The number of anilines is 1. The highest BCUT2D eigenvalue weighted by Gasteiger charge is 2.40. The van der Waals surface area contributed by atoms with Gasteiger partial charge in [-0.05, 0) is 17.9 Å². The summed E-state index contributed by atoms with van der Waals surface area (Å²) >= 11 is 6.53. The first-order valence-corrected chi connectivity index (χ1v) is 13.9. The Hall–Kier alpha value is -4.00. The van der Waals surface area contributed by atoms with Crippen LogP contribution in [0.25, 0.3) is 32.9 Å². The molecule has 2 aromatic carbocycles. The van der Waals surface area contributed by atoms with Crippen LogP contribution in [0.2, 0.25) is 5.02 Å². The minimum Gasteiger partial charge on any atom is -0.461 e. The number of nitrogens with zero attached hydrogens (tertiary/aromatic N) is 6. The monoisotopic (exact) mass is 595 g/mol. The standard InChI is InChI=1S/C29H25ClF3N7O2/c30-19-6-2-4-15-3-1-5-17(22(15)19)24-23(31)25-18(12-35-24)27(40-13-16-11-21(41)20(14-40)36-16)38-29(37-25)42-10-9-39-8-7-34-28(39)26(32)33/h1-8,12,16,20-21,26,36,41H,9-11,13-14H2/t16-,20-,21-/m1/s1. The highest BCUT2D eigenvalue weighted by molar-refractivity contribution is 6.36. The molecule has 42 heavy (non-hydrogen) atoms. The van der Waals surface area contributed by atoms with Crippen LogP contribution in [0, 0.1) is 5.82 Å². The molecule has 0 radical (unpaired) electrons. The number of piperazine rings is 1. The van der Waals surface area contributed by atoms with E-state index in [9.17, 15) is 13.9 Å². The number of aliphatic hydroxyl groups excluding tert-OH is 1. The van der Waals surface area contributed by atoms with E-state index in [0.717, 1.165) is 5.39 Å². The number of benzene rings is 2. The maximum absolute atomic E-state index is 16.4. The molecule has 13 heteroatoms. The van der Waals surface area contributed by atoms with Crippen LogP contribution in [0.5, 0.6) is 6.01 Å². The van der Waals surface area contributed by atoms with Crippen molar-refractivity contribution >= 4 is 39.1 Å². The third kappa shape index (κ3) is 4.69. The zero-order chi connectivity index (χ0) is 29.0. The number of imidazole rings is 1. The Bertz CT molecular complexity index is 1800. The number of aromatic nitrogens is 5. The van der Waals surface area contributed by atoms with E-state index < -0.39 is 18.3 Å². The van der Waals surface area contributed by atoms with Crippen LogP contribution in [0.3, 0.4) is 0 Å². The molecule has 0 spiro atoms. The van der Waals surface area contributed by atoms with Crippen molar-refractivity contribution in [1.29, 1.82) is 0 Å². The minimum atomic E-state index is -2.73. The van der Waals surface area contributed by atoms with Crippen molar-refractivity contribution in [3.8, 4) is 17.3 Å². The second kappa shape index (κ2) is 10.7. The van der Waals surface area contributed by atoms with Crippen molar-refractivity contribution in [3.05, 3.63) is 71.7 Å². The van der Waals surface area contributed by atoms with Crippen LogP contribution in [0.1, 0.15) is 18.7 Å². The van der Waals surface area contributed by atoms with Crippen molar-refractivity contribution in [3.63, 3.8) is 0 Å². The number of alkyl halides is 2. The van der Waals surface area contributed by atoms with Gasteiger partial charge in [-0.2, -0.15) is 9.97 Å². The lowest BCUT2D eigenvalue weighted by Crippen LogP contribution is -2.53. The Kier molecular flexibility index (Phi) is 6.83. The van der Waals surface area contributed by atoms with E-state index in [-0.39, 0.29) is 48.3 Å². The van der Waals surface area contributed by atoms with Gasteiger partial charge in [0, 0.05) is 53.7 Å². The van der Waals surface area contributed by atoms with Crippen LogP contribution < -0.4 is 15.0 Å². The van der Waals surface area contributed by atoms with E-state index in [1.807, 2.05) is 29.2 Å². The molecule has 3 aromatic heterocycles. The lowest BCUT2D eigenvalue weighted by atomic mass is 10.0. The number of hydrogen-bond donors (Lipinski definition) is 2. The molecule has 5 heterocycles. The van der Waals surface area contributed by atoms with Crippen molar-refractivity contribution in [2.24, 2.45) is 0 Å². The highest BCUT2D eigenvalue weighted by Crippen LogP contribution is 2.38. The predicted molar refractivity (Wildman–Crippen MR) is 151 cm³/mol. The Balaban J connectivity index is 1.31. The number of aliphatic hydroxyl groups is 1. The molecule has 0 amide bonds. The molecule has 2 bridgehead atoms. The smallest absolute Gasteiger partial charge is 0.319 e. The second-order valence-electron chi connectivity index (χ2n) is 10.5. The number of nitrogens with one attached hydrogen (secondary N) is 1. The molecule has 0 saturated carbocycles. The first-order chi connectivity index (χ1) is 20.4. The number of halogens is 4. The van der Waals surface area contributed by atoms with Gasteiger partial charge in [0.05, 0.1) is 24.1 Å². The van der Waals surface area contributed by atoms with E-state index in [1.165, 1.54) is 17.0 Å². The average molecular weight is 596 g/mol. The number of hydrogen-bond acceptors (Lipinski definition) is 8. The van der Waals surface area contributed by atoms with Gasteiger partial charge < -0.3 is 24.6 Å². The van der Waals surface area contributed by atoms with Gasteiger partial charge in [-0.25, -0.2) is 18.2 Å². The van der Waals surface area contributed by atoms with Gasteiger partial charge in [-0.3, -0.25) is 4.98 Å². The van der Waals surface area contributed by atoms with Gasteiger partial charge in [0.15, 0.2) is 11.6 Å². The SMILES string of the molecule is O[C@@H]1C[C@@H]2CN(c3nc(OCCn4ccnc4C(F)F)nc4c(F)c(-c5cccc6cccc(Cl)c56)ncc34)C[C@H]1N2. The Morgan fingerprint density at radius 1 is 1.12 bits per heavy atom. The van der Waals surface area contributed by atoms with E-state index in [2.05, 4.69) is 25.3 Å². The molecule has 0 unspecified atom stereocenters. The van der Waals surface area contributed by atoms with E-state index >= 15 is 4.39 Å². The molecule has 2 fully saturated rings. The molecular weight excluding hydrogens is 571 g/mol. The fourth-order valence-corrected chi connectivity index (χ4v) is 6.23. The topological polar surface area (TPSA) is 101 Å². The summed E-state index contributed by atoms with van der Waals surface area (Å²) in [5.41, 5.74) is 0.599. The van der Waals surface area contributed by atoms with Crippen LogP contribution in [-0.4, -0.2) is 67.5 Å². The van der Waals surface area contributed by atoms with Gasteiger partial charge in [-0.15, -0.1) is 0 Å². The molecule has 0 aliphatic carbocycles. The third-order valence-electron chi connectivity index (χ3n) is 7.86. The zero-order valence-corrected chi connectivity index (χ0v) is 22.8. The fraction of sp³-hybridized carbons (Fsp3) is 0.310. The van der Waals surface area contributed by atoms with Crippen LogP contribution in [0.4, 0.5) is 19.0 Å². The van der Waals surface area contributed by atoms with Crippen LogP contribution >= 0.6 is 11.6 Å². The lowest BCUT2D eigenvalue weighted by molar-refractivity contribution is 0.133. The lowest BCUT2D eigenvalue weighted by Gasteiger charge is -2.34.